The Labute approximate surface area is 248 Å². The smallest absolute Gasteiger partial charge is 0.395 e. The Hall–Kier alpha value is -2.79. The molecule has 4 N–H and O–H groups in total. The number of alkyl halides is 5. The van der Waals surface area contributed by atoms with Gasteiger partial charge in [0, 0.05) is 34.7 Å². The Morgan fingerprint density at radius 2 is 1.61 bits per heavy atom. The van der Waals surface area contributed by atoms with Gasteiger partial charge in [-0.2, -0.15) is 13.2 Å². The maximum Gasteiger partial charge on any atom is 0.416 e. The minimum atomic E-state index is -4.89. The summed E-state index contributed by atoms with van der Waals surface area (Å²) < 4.78 is 113. The van der Waals surface area contributed by atoms with Crippen molar-refractivity contribution in [1.82, 2.24) is 15.0 Å². The summed E-state index contributed by atoms with van der Waals surface area (Å²) in [5.41, 5.74) is -3.95. The van der Waals surface area contributed by atoms with E-state index in [9.17, 15) is 55.5 Å². The molecule has 1 saturated heterocycles. The van der Waals surface area contributed by atoms with Crippen LogP contribution in [0.15, 0.2) is 42.6 Å². The molecule has 1 aliphatic carbocycles. The number of thiol groups is 1. The summed E-state index contributed by atoms with van der Waals surface area (Å²) in [6.45, 7) is -0.803. The minimum Gasteiger partial charge on any atom is -0.395 e. The van der Waals surface area contributed by atoms with E-state index in [4.69, 9.17) is 0 Å². The first-order valence-electron chi connectivity index (χ1n) is 13.6. The SMILES string of the molecule is OC[C@@H]1[C@H](O)[C@@H](n2cc(-c3cc(F)c(F)c(F)c3)nn2)[C@@H](O)C[SH]1[C@@H](c1ccccc1C(F)(F)F)C1(O)CCC(F)(F)CC1. The number of aliphatic hydroxyl groups excluding tert-OH is 3. The van der Waals surface area contributed by atoms with E-state index in [1.807, 2.05) is 0 Å². The first kappa shape index (κ1) is 32.6. The molecule has 6 atom stereocenters. The van der Waals surface area contributed by atoms with Gasteiger partial charge in [0.1, 0.15) is 11.7 Å². The maximum atomic E-state index is 14.2. The second kappa shape index (κ2) is 11.9. The summed E-state index contributed by atoms with van der Waals surface area (Å²) in [6.07, 6.45) is -9.72. The van der Waals surface area contributed by atoms with Gasteiger partial charge in [0.2, 0.25) is 5.92 Å². The van der Waals surface area contributed by atoms with Crippen LogP contribution in [-0.2, 0) is 6.18 Å². The average molecular weight is 656 g/mol. The molecule has 0 radical (unpaired) electrons. The fraction of sp³-hybridized carbons (Fsp3) is 0.500. The Bertz CT molecular complexity index is 1470. The van der Waals surface area contributed by atoms with Gasteiger partial charge in [-0.25, -0.2) is 37.5 Å². The number of benzene rings is 2. The van der Waals surface area contributed by atoms with Crippen LogP contribution in [0, 0.1) is 17.5 Å². The molecule has 16 heteroatoms. The van der Waals surface area contributed by atoms with Crippen LogP contribution in [0.4, 0.5) is 35.1 Å². The monoisotopic (exact) mass is 655 g/mol. The fourth-order valence-electron chi connectivity index (χ4n) is 6.30. The zero-order valence-corrected chi connectivity index (χ0v) is 23.7. The van der Waals surface area contributed by atoms with E-state index in [2.05, 4.69) is 10.3 Å². The number of halogens is 8. The summed E-state index contributed by atoms with van der Waals surface area (Å²) in [6, 6.07) is 4.33. The predicted molar refractivity (Wildman–Crippen MR) is 144 cm³/mol. The summed E-state index contributed by atoms with van der Waals surface area (Å²) in [5.74, 6) is -8.18. The van der Waals surface area contributed by atoms with Crippen LogP contribution in [0.1, 0.15) is 48.1 Å². The van der Waals surface area contributed by atoms with Crippen LogP contribution in [-0.4, -0.2) is 76.8 Å². The van der Waals surface area contributed by atoms with Gasteiger partial charge in [0.15, 0.2) is 17.5 Å². The number of aliphatic hydroxyl groups is 4. The van der Waals surface area contributed by atoms with Crippen molar-refractivity contribution in [3.05, 3.63) is 71.2 Å². The highest BCUT2D eigenvalue weighted by Gasteiger charge is 2.55. The fourth-order valence-corrected chi connectivity index (χ4v) is 10.1. The maximum absolute atomic E-state index is 14.2. The molecule has 5 rings (SSSR count). The highest BCUT2D eigenvalue weighted by molar-refractivity contribution is 8.18. The molecule has 44 heavy (non-hydrogen) atoms. The van der Waals surface area contributed by atoms with E-state index < -0.39 is 118 Å². The van der Waals surface area contributed by atoms with E-state index in [0.717, 1.165) is 29.1 Å². The zero-order valence-electron chi connectivity index (χ0n) is 22.8. The molecule has 1 aromatic heterocycles. The molecule has 242 valence electrons. The molecule has 2 fully saturated rings. The van der Waals surface area contributed by atoms with E-state index in [1.165, 1.54) is 6.07 Å². The van der Waals surface area contributed by atoms with E-state index in [-0.39, 0.29) is 17.0 Å². The highest BCUT2D eigenvalue weighted by atomic mass is 32.2. The number of rotatable bonds is 6. The quantitative estimate of drug-likeness (QED) is 0.150. The Morgan fingerprint density at radius 1 is 1.00 bits per heavy atom. The van der Waals surface area contributed by atoms with Crippen LogP contribution in [0.3, 0.4) is 0 Å². The zero-order chi connectivity index (χ0) is 32.2. The Balaban J connectivity index is 1.54. The van der Waals surface area contributed by atoms with Gasteiger partial charge in [-0.3, -0.25) is 0 Å². The van der Waals surface area contributed by atoms with Crippen LogP contribution < -0.4 is 0 Å². The van der Waals surface area contributed by atoms with Crippen molar-refractivity contribution in [3.63, 3.8) is 0 Å². The van der Waals surface area contributed by atoms with Crippen molar-refractivity contribution in [2.75, 3.05) is 12.4 Å². The number of hydrogen-bond donors (Lipinski definition) is 5. The molecule has 0 bridgehead atoms. The summed E-state index contributed by atoms with van der Waals surface area (Å²) in [7, 11) is -2.13. The number of aromatic nitrogens is 3. The van der Waals surface area contributed by atoms with Gasteiger partial charge in [-0.1, -0.05) is 23.4 Å². The van der Waals surface area contributed by atoms with Crippen molar-refractivity contribution in [2.24, 2.45) is 0 Å². The van der Waals surface area contributed by atoms with Crippen molar-refractivity contribution < 1.29 is 55.5 Å². The third-order valence-electron chi connectivity index (χ3n) is 8.49. The van der Waals surface area contributed by atoms with Crippen LogP contribution in [0.5, 0.6) is 0 Å². The summed E-state index contributed by atoms with van der Waals surface area (Å²) in [4.78, 5) is 0. The van der Waals surface area contributed by atoms with Crippen molar-refractivity contribution >= 4 is 10.9 Å². The number of nitrogens with zero attached hydrogens (tertiary/aromatic N) is 3. The van der Waals surface area contributed by atoms with Gasteiger partial charge >= 0.3 is 6.18 Å². The second-order valence-electron chi connectivity index (χ2n) is 11.3. The standard InChI is InChI=1S/C28H29F8N3O4S/c29-17-9-14(10-18(30)22(17)31)19-11-39(38-37-19)23-20(41)13-44(21(12-40)24(23)42)25(26(43)5-7-27(32,33)8-6-26)15-3-1-2-4-16(15)28(34,35)36/h1-4,9-11,20-21,23-25,40-44H,5-8,12-13H2/t20-,21+,23-,24-,25-/m0/s1. The molecule has 2 heterocycles. The van der Waals surface area contributed by atoms with Gasteiger partial charge < -0.3 is 20.4 Å². The molecule has 2 aliphatic rings. The summed E-state index contributed by atoms with van der Waals surface area (Å²) >= 11 is 0. The lowest BCUT2D eigenvalue weighted by atomic mass is 9.77. The average Bonchev–Trinajstić information content (AvgIpc) is 3.43. The Morgan fingerprint density at radius 3 is 2.20 bits per heavy atom. The second-order valence-corrected chi connectivity index (χ2v) is 13.9. The van der Waals surface area contributed by atoms with Crippen molar-refractivity contribution in [2.45, 2.75) is 72.1 Å². The molecule has 3 aromatic rings. The van der Waals surface area contributed by atoms with Crippen LogP contribution in [0.25, 0.3) is 11.3 Å². The first-order chi connectivity index (χ1) is 20.6. The normalized spacial score (nSPS) is 28.5. The summed E-state index contributed by atoms with van der Waals surface area (Å²) in [5, 5.41) is 49.8. The lowest BCUT2D eigenvalue weighted by molar-refractivity contribution is -0.139. The van der Waals surface area contributed by atoms with Crippen molar-refractivity contribution in [1.29, 1.82) is 0 Å². The molecule has 1 aliphatic heterocycles. The predicted octanol–water partition coefficient (Wildman–Crippen LogP) is 4.70. The van der Waals surface area contributed by atoms with E-state index >= 15 is 0 Å². The topological polar surface area (TPSA) is 112 Å². The van der Waals surface area contributed by atoms with Gasteiger partial charge in [-0.05, 0) is 36.6 Å². The number of hydrogen-bond acceptors (Lipinski definition) is 6. The van der Waals surface area contributed by atoms with Crippen LogP contribution >= 0.6 is 10.9 Å². The largest absolute Gasteiger partial charge is 0.416 e. The molecular weight excluding hydrogens is 626 g/mol. The third-order valence-corrected chi connectivity index (χ3v) is 12.0. The Kier molecular flexibility index (Phi) is 8.78. The van der Waals surface area contributed by atoms with E-state index in [1.54, 1.807) is 0 Å². The third kappa shape index (κ3) is 6.06. The molecule has 7 nitrogen and oxygen atoms in total. The molecule has 1 saturated carbocycles. The molecule has 0 spiro atoms. The highest BCUT2D eigenvalue weighted by Crippen LogP contribution is 2.62. The first-order valence-corrected chi connectivity index (χ1v) is 15.3. The lowest BCUT2D eigenvalue weighted by Crippen LogP contribution is -2.53. The van der Waals surface area contributed by atoms with E-state index in [0.29, 0.717) is 12.1 Å². The molecule has 0 amide bonds. The van der Waals surface area contributed by atoms with Crippen LogP contribution in [0.2, 0.25) is 0 Å². The minimum absolute atomic E-state index is 0.162. The molecule has 2 aromatic carbocycles. The molecule has 1 unspecified atom stereocenters. The van der Waals surface area contributed by atoms with Crippen molar-refractivity contribution in [3.8, 4) is 11.3 Å². The van der Waals surface area contributed by atoms with Gasteiger partial charge in [0.25, 0.3) is 0 Å². The lowest BCUT2D eigenvalue weighted by Gasteiger charge is -2.53. The molecular formula is C28H29F8N3O4S. The van der Waals surface area contributed by atoms with Gasteiger partial charge in [-0.15, -0.1) is 5.10 Å². The van der Waals surface area contributed by atoms with Gasteiger partial charge in [0.05, 0.1) is 36.2 Å².